The van der Waals surface area contributed by atoms with E-state index in [2.05, 4.69) is 15.7 Å². The lowest BCUT2D eigenvalue weighted by molar-refractivity contribution is -0.125. The topological polar surface area (TPSA) is 59.0 Å². The molecule has 6 heteroatoms. The molecule has 2 atom stereocenters. The second kappa shape index (κ2) is 6.96. The van der Waals surface area contributed by atoms with E-state index in [1.807, 2.05) is 39.4 Å². The van der Waals surface area contributed by atoms with E-state index in [0.717, 1.165) is 17.7 Å². The van der Waals surface area contributed by atoms with E-state index in [0.29, 0.717) is 13.1 Å². The van der Waals surface area contributed by atoms with E-state index in [-0.39, 0.29) is 29.0 Å². The monoisotopic (exact) mass is 344 g/mol. The zero-order valence-electron chi connectivity index (χ0n) is 14.9. The minimum Gasteiger partial charge on any atom is -0.355 e. The summed E-state index contributed by atoms with van der Waals surface area (Å²) in [6, 6.07) is 6.56. The van der Waals surface area contributed by atoms with Crippen LogP contribution in [0.5, 0.6) is 0 Å². The molecule has 0 saturated carbocycles. The first-order valence-corrected chi connectivity index (χ1v) is 8.60. The summed E-state index contributed by atoms with van der Waals surface area (Å²) in [5.41, 5.74) is 1.62. The van der Waals surface area contributed by atoms with Gasteiger partial charge in [0.2, 0.25) is 5.91 Å². The van der Waals surface area contributed by atoms with Gasteiger partial charge in [0.15, 0.2) is 0 Å². The van der Waals surface area contributed by atoms with Gasteiger partial charge in [-0.3, -0.25) is 9.48 Å². The van der Waals surface area contributed by atoms with E-state index >= 15 is 0 Å². The summed E-state index contributed by atoms with van der Waals surface area (Å²) in [7, 11) is 1.88. The summed E-state index contributed by atoms with van der Waals surface area (Å²) in [6.07, 6.45) is 3.79. The van der Waals surface area contributed by atoms with Crippen LogP contribution in [-0.2, 0) is 17.3 Å². The Hall–Kier alpha value is -2.21. The lowest BCUT2D eigenvalue weighted by Gasteiger charge is -2.27. The Morgan fingerprint density at radius 3 is 2.92 bits per heavy atom. The van der Waals surface area contributed by atoms with Gasteiger partial charge in [-0.15, -0.1) is 0 Å². The third kappa shape index (κ3) is 3.90. The average molecular weight is 344 g/mol. The predicted octanol–water partition coefficient (Wildman–Crippen LogP) is 1.96. The molecule has 2 N–H and O–H groups in total. The summed E-state index contributed by atoms with van der Waals surface area (Å²) >= 11 is 0. The minimum absolute atomic E-state index is 0.0309. The fourth-order valence-electron chi connectivity index (χ4n) is 3.39. The van der Waals surface area contributed by atoms with Gasteiger partial charge in [0.05, 0.1) is 12.1 Å². The number of halogens is 1. The summed E-state index contributed by atoms with van der Waals surface area (Å²) in [4.78, 5) is 12.7. The number of aryl methyl sites for hydroxylation is 1. The van der Waals surface area contributed by atoms with Crippen molar-refractivity contribution in [2.24, 2.45) is 13.0 Å². The van der Waals surface area contributed by atoms with E-state index in [1.165, 1.54) is 12.1 Å². The second-order valence-electron chi connectivity index (χ2n) is 7.43. The standard InChI is InChI=1S/C19H25FN4O/c1-19(2,14-5-4-6-15(20)7-14)12-22-18(25)17-10-21-9-16(17)13-8-23-24(3)11-13/h4-8,11,16-17,21H,9-10,12H2,1-3H3,(H,22,25)/t16-,17+/m1/s1. The molecule has 1 aliphatic heterocycles. The molecule has 1 aromatic carbocycles. The Balaban J connectivity index is 1.65. The lowest BCUT2D eigenvalue weighted by Crippen LogP contribution is -2.41. The number of aromatic nitrogens is 2. The van der Waals surface area contributed by atoms with Gasteiger partial charge in [0.1, 0.15) is 5.82 Å². The number of amides is 1. The van der Waals surface area contributed by atoms with Crippen LogP contribution in [-0.4, -0.2) is 35.3 Å². The molecule has 1 aliphatic rings. The normalized spacial score (nSPS) is 20.6. The number of hydrogen-bond acceptors (Lipinski definition) is 3. The van der Waals surface area contributed by atoms with E-state index in [9.17, 15) is 9.18 Å². The molecule has 1 aromatic heterocycles. The van der Waals surface area contributed by atoms with Gasteiger partial charge >= 0.3 is 0 Å². The number of benzene rings is 1. The Labute approximate surface area is 147 Å². The molecule has 0 spiro atoms. The van der Waals surface area contributed by atoms with Crippen LogP contribution in [0.3, 0.4) is 0 Å². The van der Waals surface area contributed by atoms with Gasteiger partial charge in [-0.2, -0.15) is 5.10 Å². The van der Waals surface area contributed by atoms with E-state index in [4.69, 9.17) is 0 Å². The maximum Gasteiger partial charge on any atom is 0.225 e. The highest BCUT2D eigenvalue weighted by molar-refractivity contribution is 5.80. The van der Waals surface area contributed by atoms with Crippen molar-refractivity contribution in [3.05, 3.63) is 53.6 Å². The molecule has 1 saturated heterocycles. The molecule has 25 heavy (non-hydrogen) atoms. The SMILES string of the molecule is Cn1cc([C@H]2CNC[C@@H]2C(=O)NCC(C)(C)c2cccc(F)c2)cn1. The van der Waals surface area contributed by atoms with E-state index < -0.39 is 0 Å². The smallest absolute Gasteiger partial charge is 0.225 e. The molecule has 0 unspecified atom stereocenters. The second-order valence-corrected chi connectivity index (χ2v) is 7.43. The number of rotatable bonds is 5. The number of nitrogens with zero attached hydrogens (tertiary/aromatic N) is 2. The fourth-order valence-corrected chi connectivity index (χ4v) is 3.39. The fraction of sp³-hybridized carbons (Fsp3) is 0.474. The first kappa shape index (κ1) is 17.6. The molecule has 0 bridgehead atoms. The van der Waals surface area contributed by atoms with Crippen molar-refractivity contribution in [1.82, 2.24) is 20.4 Å². The summed E-state index contributed by atoms with van der Waals surface area (Å²) in [5.74, 6) is -0.213. The molecule has 2 heterocycles. The van der Waals surface area contributed by atoms with Crippen molar-refractivity contribution in [1.29, 1.82) is 0 Å². The van der Waals surface area contributed by atoms with Crippen molar-refractivity contribution in [3.8, 4) is 0 Å². The Morgan fingerprint density at radius 2 is 2.24 bits per heavy atom. The third-order valence-corrected chi connectivity index (χ3v) is 5.01. The van der Waals surface area contributed by atoms with Crippen molar-refractivity contribution < 1.29 is 9.18 Å². The Morgan fingerprint density at radius 1 is 1.44 bits per heavy atom. The quantitative estimate of drug-likeness (QED) is 0.872. The molecule has 5 nitrogen and oxygen atoms in total. The first-order chi connectivity index (χ1) is 11.9. The third-order valence-electron chi connectivity index (χ3n) is 5.01. The summed E-state index contributed by atoms with van der Waals surface area (Å²) in [5, 5.41) is 10.6. The molecule has 3 rings (SSSR count). The zero-order chi connectivity index (χ0) is 18.0. The maximum atomic E-state index is 13.5. The number of hydrogen-bond donors (Lipinski definition) is 2. The number of nitrogens with one attached hydrogen (secondary N) is 2. The number of carbonyl (C=O) groups excluding carboxylic acids is 1. The molecular weight excluding hydrogens is 319 g/mol. The zero-order valence-corrected chi connectivity index (χ0v) is 14.9. The highest BCUT2D eigenvalue weighted by Crippen LogP contribution is 2.28. The first-order valence-electron chi connectivity index (χ1n) is 8.60. The van der Waals surface area contributed by atoms with Crippen LogP contribution in [0, 0.1) is 11.7 Å². The van der Waals surface area contributed by atoms with Gasteiger partial charge in [-0.25, -0.2) is 4.39 Å². The maximum absolute atomic E-state index is 13.5. The summed E-state index contributed by atoms with van der Waals surface area (Å²) in [6.45, 7) is 5.91. The van der Waals surface area contributed by atoms with E-state index in [1.54, 1.807) is 10.7 Å². The van der Waals surface area contributed by atoms with Crippen molar-refractivity contribution in [3.63, 3.8) is 0 Å². The van der Waals surface area contributed by atoms with Crippen LogP contribution in [0.2, 0.25) is 0 Å². The molecule has 1 amide bonds. The van der Waals surface area contributed by atoms with Gasteiger partial charge in [-0.1, -0.05) is 26.0 Å². The van der Waals surface area contributed by atoms with Crippen LogP contribution in [0.25, 0.3) is 0 Å². The minimum atomic E-state index is -0.340. The van der Waals surface area contributed by atoms with Crippen LogP contribution in [0.1, 0.15) is 30.9 Å². The Bertz CT molecular complexity index is 755. The van der Waals surface area contributed by atoms with Crippen molar-refractivity contribution in [2.45, 2.75) is 25.2 Å². The molecule has 2 aromatic rings. The van der Waals surface area contributed by atoms with Gasteiger partial charge in [0, 0.05) is 44.2 Å². The lowest BCUT2D eigenvalue weighted by atomic mass is 9.84. The molecule has 134 valence electrons. The van der Waals surface area contributed by atoms with Crippen molar-refractivity contribution >= 4 is 5.91 Å². The van der Waals surface area contributed by atoms with Crippen LogP contribution < -0.4 is 10.6 Å². The van der Waals surface area contributed by atoms with Crippen LogP contribution in [0.4, 0.5) is 4.39 Å². The predicted molar refractivity (Wildman–Crippen MR) is 94.7 cm³/mol. The Kier molecular flexibility index (Phi) is 4.90. The van der Waals surface area contributed by atoms with Gasteiger partial charge < -0.3 is 10.6 Å². The molecule has 0 aliphatic carbocycles. The molecule has 0 radical (unpaired) electrons. The molecular formula is C19H25FN4O. The van der Waals surface area contributed by atoms with Gasteiger partial charge in [0.25, 0.3) is 0 Å². The van der Waals surface area contributed by atoms with Crippen LogP contribution >= 0.6 is 0 Å². The summed E-state index contributed by atoms with van der Waals surface area (Å²) < 4.78 is 15.2. The highest BCUT2D eigenvalue weighted by Gasteiger charge is 2.35. The highest BCUT2D eigenvalue weighted by atomic mass is 19.1. The van der Waals surface area contributed by atoms with Gasteiger partial charge in [-0.05, 0) is 23.3 Å². The molecule has 1 fully saturated rings. The van der Waals surface area contributed by atoms with Crippen LogP contribution in [0.15, 0.2) is 36.7 Å². The number of carbonyl (C=O) groups is 1. The average Bonchev–Trinajstić information content (AvgIpc) is 3.21. The van der Waals surface area contributed by atoms with Crippen molar-refractivity contribution in [2.75, 3.05) is 19.6 Å². The largest absolute Gasteiger partial charge is 0.355 e.